The first kappa shape index (κ1) is 72.4. The molecule has 7 fully saturated rings. The minimum absolute atomic E-state index is 0.180. The quantitative estimate of drug-likeness (QED) is 0.128. The summed E-state index contributed by atoms with van der Waals surface area (Å²) in [5.41, 5.74) is -1.71. The summed E-state index contributed by atoms with van der Waals surface area (Å²) in [7, 11) is 0. The van der Waals surface area contributed by atoms with E-state index in [9.17, 15) is 49.5 Å². The Labute approximate surface area is 493 Å². The largest absolute Gasteiger partial charge is 0.444 e. The lowest BCUT2D eigenvalue weighted by atomic mass is 9.79. The van der Waals surface area contributed by atoms with Crippen molar-refractivity contribution < 1.29 is 73.2 Å². The van der Waals surface area contributed by atoms with Crippen LogP contribution in [-0.2, 0) is 23.7 Å². The molecule has 0 bridgehead atoms. The van der Waals surface area contributed by atoms with E-state index in [0.717, 1.165) is 44.9 Å². The first-order valence-electron chi connectivity index (χ1n) is 31.8. The van der Waals surface area contributed by atoms with Crippen LogP contribution in [-0.4, -0.2) is 204 Å². The van der Waals surface area contributed by atoms with Crippen LogP contribution in [0.5, 0.6) is 0 Å². The predicted molar refractivity (Wildman–Crippen MR) is 316 cm³/mol. The third-order valence-corrected chi connectivity index (χ3v) is 17.9. The summed E-state index contributed by atoms with van der Waals surface area (Å²) in [5, 5.41) is 46.8. The molecule has 0 aromatic heterocycles. The van der Waals surface area contributed by atoms with Crippen molar-refractivity contribution in [2.24, 2.45) is 5.92 Å². The summed E-state index contributed by atoms with van der Waals surface area (Å²) >= 11 is 0. The highest BCUT2D eigenvalue weighted by molar-refractivity contribution is 5.70. The van der Waals surface area contributed by atoms with Crippen LogP contribution >= 0.6 is 0 Å². The minimum Gasteiger partial charge on any atom is -0.444 e. The molecule has 7 rings (SSSR count). The molecule has 20 heteroatoms. The van der Waals surface area contributed by atoms with Crippen molar-refractivity contribution in [2.45, 2.75) is 296 Å². The average molecular weight is 1170 g/mol. The van der Waals surface area contributed by atoms with Crippen LogP contribution in [0.4, 0.5) is 24.0 Å². The van der Waals surface area contributed by atoms with Crippen LogP contribution in [0.15, 0.2) is 0 Å². The number of likely N-dealkylation sites (tertiary alicyclic amines) is 5. The fourth-order valence-corrected chi connectivity index (χ4v) is 11.1. The number of ether oxygens (including phenoxy) is 5. The van der Waals surface area contributed by atoms with E-state index in [0.29, 0.717) is 136 Å². The number of nitrogens with zero attached hydrogens (tertiary/aromatic N) is 5. The fraction of sp³-hybridized carbons (Fsp3) is 0.919. The zero-order valence-electron chi connectivity index (χ0n) is 53.1. The molecule has 2 aliphatic carbocycles. The number of hydrogen-bond acceptors (Lipinski definition) is 15. The molecule has 478 valence electrons. The zero-order chi connectivity index (χ0) is 61.3. The summed E-state index contributed by atoms with van der Waals surface area (Å²) in [4.78, 5) is 68.0. The molecule has 0 spiro atoms. The highest BCUT2D eigenvalue weighted by Crippen LogP contribution is 2.37. The zero-order valence-corrected chi connectivity index (χ0v) is 53.1. The normalized spacial score (nSPS) is 21.2. The maximum Gasteiger partial charge on any atom is 0.410 e. The molecule has 5 aliphatic heterocycles. The van der Waals surface area contributed by atoms with Gasteiger partial charge in [-0.3, -0.25) is 0 Å². The number of rotatable bonds is 10. The van der Waals surface area contributed by atoms with Gasteiger partial charge in [0.05, 0.1) is 30.5 Å². The number of aliphatic hydroxyl groups is 5. The van der Waals surface area contributed by atoms with Crippen LogP contribution in [0.2, 0.25) is 0 Å². The summed E-state index contributed by atoms with van der Waals surface area (Å²) in [6.45, 7) is 29.8. The van der Waals surface area contributed by atoms with E-state index in [4.69, 9.17) is 23.7 Å². The number of carbonyl (C=O) groups excluding carboxylic acids is 5. The third-order valence-electron chi connectivity index (χ3n) is 17.9. The van der Waals surface area contributed by atoms with Gasteiger partial charge in [-0.15, -0.1) is 0 Å². The van der Waals surface area contributed by atoms with Crippen LogP contribution in [0.25, 0.3) is 0 Å². The van der Waals surface area contributed by atoms with Gasteiger partial charge in [-0.25, -0.2) is 24.0 Å². The van der Waals surface area contributed by atoms with Gasteiger partial charge in [0.25, 0.3) is 0 Å². The van der Waals surface area contributed by atoms with Gasteiger partial charge >= 0.3 is 30.5 Å². The Kier molecular flexibility index (Phi) is 30.9. The van der Waals surface area contributed by atoms with E-state index >= 15 is 0 Å². The van der Waals surface area contributed by atoms with Gasteiger partial charge < -0.3 is 73.7 Å². The molecule has 0 aromatic rings. The van der Waals surface area contributed by atoms with Crippen molar-refractivity contribution in [2.75, 3.05) is 65.4 Å². The molecule has 5 amide bonds. The monoisotopic (exact) mass is 1170 g/mol. The maximum absolute atomic E-state index is 12.2. The summed E-state index contributed by atoms with van der Waals surface area (Å²) in [6.07, 6.45) is 19.0. The van der Waals surface area contributed by atoms with Gasteiger partial charge in [0.2, 0.25) is 0 Å². The minimum atomic E-state index is -0.437. The van der Waals surface area contributed by atoms with Gasteiger partial charge in [-0.05, 0) is 189 Å². The van der Waals surface area contributed by atoms with Gasteiger partial charge in [0.1, 0.15) is 28.0 Å². The van der Waals surface area contributed by atoms with Crippen LogP contribution < -0.4 is 0 Å². The van der Waals surface area contributed by atoms with E-state index in [1.54, 1.807) is 24.5 Å². The smallest absolute Gasteiger partial charge is 0.410 e. The third kappa shape index (κ3) is 25.8. The van der Waals surface area contributed by atoms with Crippen molar-refractivity contribution in [1.29, 1.82) is 0 Å². The Morgan fingerprint density at radius 3 is 1.00 bits per heavy atom. The van der Waals surface area contributed by atoms with Gasteiger partial charge in [0, 0.05) is 65.4 Å². The Balaban J connectivity index is 0.000000270. The SMILES string of the molecule is CC(C)(C)OC(=O)N1CCC(O)CC1.CC(C)(OC(=O)N1CCC(O)CC1)C1CCCCC1.CCC(C)(C)OC(=O)N1CCC(O)CC1.CCC(CC)(CC)OC(=O)N1CCC(O)CC1.CCC1(OC(=O)N2CCC(O)CC2)CCCC1. The van der Waals surface area contributed by atoms with Crippen molar-refractivity contribution in [3.05, 3.63) is 0 Å². The van der Waals surface area contributed by atoms with Crippen LogP contribution in [0, 0.1) is 5.92 Å². The van der Waals surface area contributed by atoms with E-state index in [2.05, 4.69) is 27.7 Å². The number of carbonyl (C=O) groups is 5. The molecule has 0 radical (unpaired) electrons. The second-order valence-corrected chi connectivity index (χ2v) is 26.1. The molecule has 5 saturated heterocycles. The topological polar surface area (TPSA) is 249 Å². The Morgan fingerprint density at radius 1 is 0.390 bits per heavy atom. The molecule has 7 aliphatic rings. The molecule has 5 heterocycles. The highest BCUT2D eigenvalue weighted by atomic mass is 16.6. The summed E-state index contributed by atoms with van der Waals surface area (Å²) in [5.74, 6) is 0.487. The first-order valence-corrected chi connectivity index (χ1v) is 31.8. The highest BCUT2D eigenvalue weighted by Gasteiger charge is 2.39. The second-order valence-electron chi connectivity index (χ2n) is 26.1. The van der Waals surface area contributed by atoms with Gasteiger partial charge in [0.15, 0.2) is 0 Å². The second kappa shape index (κ2) is 34.9. The lowest BCUT2D eigenvalue weighted by Gasteiger charge is -2.38. The van der Waals surface area contributed by atoms with Gasteiger partial charge in [-0.2, -0.15) is 0 Å². The molecular weight excluding hydrogens is 1050 g/mol. The van der Waals surface area contributed by atoms with E-state index in [-0.39, 0.29) is 77.8 Å². The Hall–Kier alpha value is -3.85. The fourth-order valence-electron chi connectivity index (χ4n) is 11.1. The molecule has 0 unspecified atom stereocenters. The lowest BCUT2D eigenvalue weighted by molar-refractivity contribution is -0.0405. The van der Waals surface area contributed by atoms with Crippen LogP contribution in [0.3, 0.4) is 0 Å². The first-order chi connectivity index (χ1) is 38.5. The molecule has 0 aromatic carbocycles. The van der Waals surface area contributed by atoms with Crippen LogP contribution in [0.1, 0.15) is 237 Å². The number of hydrogen-bond donors (Lipinski definition) is 5. The van der Waals surface area contributed by atoms with Crippen molar-refractivity contribution in [3.63, 3.8) is 0 Å². The number of amides is 5. The average Bonchev–Trinajstić information content (AvgIpc) is 3.93. The molecule has 20 nitrogen and oxygen atoms in total. The van der Waals surface area contributed by atoms with E-state index < -0.39 is 11.2 Å². The van der Waals surface area contributed by atoms with Crippen molar-refractivity contribution in [3.8, 4) is 0 Å². The number of aliphatic hydroxyl groups excluding tert-OH is 5. The van der Waals surface area contributed by atoms with E-state index in [1.807, 2.05) is 55.4 Å². The molecule has 0 atom stereocenters. The molecule has 2 saturated carbocycles. The molecular formula is C62H115N5O15. The van der Waals surface area contributed by atoms with Crippen molar-refractivity contribution in [1.82, 2.24) is 24.5 Å². The number of piperidine rings is 5. The summed E-state index contributed by atoms with van der Waals surface area (Å²) < 4.78 is 27.7. The van der Waals surface area contributed by atoms with E-state index in [1.165, 1.54) is 44.9 Å². The Bertz CT molecular complexity index is 1800. The summed E-state index contributed by atoms with van der Waals surface area (Å²) in [6, 6.07) is 0. The molecule has 82 heavy (non-hydrogen) atoms. The molecule has 5 N–H and O–H groups in total. The van der Waals surface area contributed by atoms with Gasteiger partial charge in [-0.1, -0.05) is 53.9 Å². The Morgan fingerprint density at radius 2 is 0.695 bits per heavy atom. The standard InChI is InChI=1S/C15H27NO3.C13H23NO3.C13H25NO3.C11H21NO3.C10H19NO3/c1-15(2,12-6-4-3-5-7-12)19-14(18)16-10-8-13(17)9-11-16;1-2-13(7-3-4-8-13)17-12(16)14-9-5-11(15)6-10-14;1-4-13(5-2,6-3)17-12(16)14-9-7-11(15)8-10-14;1-4-11(2,3)15-10(14)12-7-5-9(13)6-8-12;1-10(2,3)14-9(13)11-6-4-8(12)5-7-11/h12-13,17H,3-11H2,1-2H3;11,15H,2-10H2,1H3;11,15H,4-10H2,1-3H3;9,13H,4-8H2,1-3H3;8,12H,4-7H2,1-3H3. The lowest BCUT2D eigenvalue weighted by Crippen LogP contribution is -2.46. The maximum atomic E-state index is 12.2. The van der Waals surface area contributed by atoms with Crippen molar-refractivity contribution >= 4 is 30.5 Å². The predicted octanol–water partition coefficient (Wildman–Crippen LogP) is 10.9.